The summed E-state index contributed by atoms with van der Waals surface area (Å²) in [5, 5.41) is 0. The molecule has 0 fully saturated rings. The first kappa shape index (κ1) is 17.4. The Balaban J connectivity index is 3.62. The summed E-state index contributed by atoms with van der Waals surface area (Å²) >= 11 is 0. The molecule has 108 valence electrons. The number of ether oxygens (including phenoxy) is 2. The number of nitrogens with two attached hydrogens (primary N) is 1. The van der Waals surface area contributed by atoms with Gasteiger partial charge in [0.15, 0.2) is 0 Å². The fourth-order valence-corrected chi connectivity index (χ4v) is 1.76. The van der Waals surface area contributed by atoms with Gasteiger partial charge in [0.25, 0.3) is 0 Å². The Hall–Kier alpha value is -0.610. The molecule has 0 heterocycles. The summed E-state index contributed by atoms with van der Waals surface area (Å²) in [7, 11) is 0. The Morgan fingerprint density at radius 3 is 2.28 bits per heavy atom. The molecule has 0 spiro atoms. The van der Waals surface area contributed by atoms with Gasteiger partial charge in [0.2, 0.25) is 0 Å². The van der Waals surface area contributed by atoms with Crippen molar-refractivity contribution in [2.45, 2.75) is 40.5 Å². The first-order valence-electron chi connectivity index (χ1n) is 6.89. The number of carbonyl (C=O) groups excluding carboxylic acids is 1. The van der Waals surface area contributed by atoms with Gasteiger partial charge >= 0.3 is 5.97 Å². The molecule has 0 aliphatic carbocycles. The van der Waals surface area contributed by atoms with Crippen LogP contribution in [0.2, 0.25) is 0 Å². The van der Waals surface area contributed by atoms with Gasteiger partial charge in [0.1, 0.15) is 6.61 Å². The van der Waals surface area contributed by atoms with Crippen molar-refractivity contribution in [2.75, 3.05) is 26.4 Å². The lowest BCUT2D eigenvalue weighted by Crippen LogP contribution is -2.22. The van der Waals surface area contributed by atoms with Crippen LogP contribution in [0.1, 0.15) is 40.5 Å². The van der Waals surface area contributed by atoms with Crippen molar-refractivity contribution in [3.8, 4) is 0 Å². The first-order valence-corrected chi connectivity index (χ1v) is 6.89. The van der Waals surface area contributed by atoms with E-state index in [-0.39, 0.29) is 11.9 Å². The molecule has 0 rings (SSSR count). The van der Waals surface area contributed by atoms with Crippen molar-refractivity contribution in [3.63, 3.8) is 0 Å². The fraction of sp³-hybridized carbons (Fsp3) is 0.929. The molecule has 1 atom stereocenters. The van der Waals surface area contributed by atoms with Gasteiger partial charge in [-0.25, -0.2) is 0 Å². The van der Waals surface area contributed by atoms with Gasteiger partial charge in [-0.05, 0) is 30.7 Å². The molecule has 4 heteroatoms. The first-order chi connectivity index (χ1) is 8.45. The molecule has 0 bridgehead atoms. The Labute approximate surface area is 111 Å². The molecule has 0 aromatic heterocycles. The highest BCUT2D eigenvalue weighted by atomic mass is 16.6. The van der Waals surface area contributed by atoms with E-state index in [9.17, 15) is 4.79 Å². The van der Waals surface area contributed by atoms with E-state index in [4.69, 9.17) is 15.2 Å². The van der Waals surface area contributed by atoms with E-state index >= 15 is 0 Å². The second kappa shape index (κ2) is 10.3. The molecule has 0 aliphatic heterocycles. The van der Waals surface area contributed by atoms with Crippen LogP contribution in [0.4, 0.5) is 0 Å². The Morgan fingerprint density at radius 2 is 1.78 bits per heavy atom. The van der Waals surface area contributed by atoms with Crippen LogP contribution in [-0.2, 0) is 14.3 Å². The van der Waals surface area contributed by atoms with Gasteiger partial charge in [-0.3, -0.25) is 4.79 Å². The number of carbonyl (C=O) groups is 1. The van der Waals surface area contributed by atoms with Gasteiger partial charge in [-0.2, -0.15) is 0 Å². The lowest BCUT2D eigenvalue weighted by atomic mass is 9.94. The van der Waals surface area contributed by atoms with Crippen molar-refractivity contribution in [2.24, 2.45) is 23.5 Å². The van der Waals surface area contributed by atoms with Gasteiger partial charge in [-0.1, -0.05) is 27.7 Å². The maximum atomic E-state index is 11.6. The fourth-order valence-electron chi connectivity index (χ4n) is 1.76. The molecule has 0 aromatic rings. The molecule has 4 nitrogen and oxygen atoms in total. The Bertz CT molecular complexity index is 217. The molecule has 0 saturated heterocycles. The summed E-state index contributed by atoms with van der Waals surface area (Å²) in [6.45, 7) is 10.5. The molecular formula is C14H29NO3. The monoisotopic (exact) mass is 259 g/mol. The van der Waals surface area contributed by atoms with Crippen molar-refractivity contribution >= 4 is 5.97 Å². The third kappa shape index (κ3) is 10.5. The number of esters is 1. The number of hydrogen-bond donors (Lipinski definition) is 1. The predicted molar refractivity (Wildman–Crippen MR) is 73.2 cm³/mol. The zero-order chi connectivity index (χ0) is 14.0. The summed E-state index contributed by atoms with van der Waals surface area (Å²) in [6, 6.07) is 0. The Morgan fingerprint density at radius 1 is 1.11 bits per heavy atom. The molecule has 1 unspecified atom stereocenters. The quantitative estimate of drug-likeness (QED) is 0.482. The van der Waals surface area contributed by atoms with E-state index in [0.717, 1.165) is 6.42 Å². The van der Waals surface area contributed by atoms with Crippen LogP contribution in [-0.4, -0.2) is 32.3 Å². The summed E-state index contributed by atoms with van der Waals surface area (Å²) in [6.07, 6.45) is 1.38. The van der Waals surface area contributed by atoms with Crippen LogP contribution >= 0.6 is 0 Å². The molecule has 18 heavy (non-hydrogen) atoms. The summed E-state index contributed by atoms with van der Waals surface area (Å²) in [4.78, 5) is 11.6. The van der Waals surface area contributed by atoms with Crippen molar-refractivity contribution in [3.05, 3.63) is 0 Å². The average molecular weight is 259 g/mol. The van der Waals surface area contributed by atoms with Crippen LogP contribution in [0, 0.1) is 17.8 Å². The highest BCUT2D eigenvalue weighted by Crippen LogP contribution is 2.14. The SMILES string of the molecule is CC(C)COCCOC(=O)CC(CN)CC(C)C. The normalized spacial score (nSPS) is 13.1. The third-order valence-electron chi connectivity index (χ3n) is 2.54. The zero-order valence-corrected chi connectivity index (χ0v) is 12.3. The van der Waals surface area contributed by atoms with Crippen LogP contribution in [0.3, 0.4) is 0 Å². The lowest BCUT2D eigenvalue weighted by Gasteiger charge is -2.16. The largest absolute Gasteiger partial charge is 0.463 e. The predicted octanol–water partition coefficient (Wildman–Crippen LogP) is 2.21. The zero-order valence-electron chi connectivity index (χ0n) is 12.3. The van der Waals surface area contributed by atoms with Gasteiger partial charge in [0.05, 0.1) is 6.61 Å². The maximum Gasteiger partial charge on any atom is 0.306 e. The van der Waals surface area contributed by atoms with Crippen molar-refractivity contribution in [1.82, 2.24) is 0 Å². The van der Waals surface area contributed by atoms with Gasteiger partial charge in [-0.15, -0.1) is 0 Å². The van der Waals surface area contributed by atoms with E-state index in [1.54, 1.807) is 0 Å². The topological polar surface area (TPSA) is 61.5 Å². The van der Waals surface area contributed by atoms with E-state index in [1.165, 1.54) is 0 Å². The summed E-state index contributed by atoms with van der Waals surface area (Å²) in [5.41, 5.74) is 5.65. The van der Waals surface area contributed by atoms with Crippen molar-refractivity contribution < 1.29 is 14.3 Å². The smallest absolute Gasteiger partial charge is 0.306 e. The molecule has 0 radical (unpaired) electrons. The maximum absolute atomic E-state index is 11.6. The van der Waals surface area contributed by atoms with Gasteiger partial charge in [0, 0.05) is 13.0 Å². The molecular weight excluding hydrogens is 230 g/mol. The second-order valence-corrected chi connectivity index (χ2v) is 5.62. The second-order valence-electron chi connectivity index (χ2n) is 5.62. The van der Waals surface area contributed by atoms with Crippen LogP contribution in [0.5, 0.6) is 0 Å². The number of hydrogen-bond acceptors (Lipinski definition) is 4. The molecule has 0 aromatic carbocycles. The molecule has 0 saturated carbocycles. The summed E-state index contributed by atoms with van der Waals surface area (Å²) < 4.78 is 10.5. The highest BCUT2D eigenvalue weighted by molar-refractivity contribution is 5.69. The lowest BCUT2D eigenvalue weighted by molar-refractivity contribution is -0.146. The Kier molecular flexibility index (Phi) is 9.98. The van der Waals surface area contributed by atoms with E-state index in [2.05, 4.69) is 27.7 Å². The van der Waals surface area contributed by atoms with Crippen LogP contribution in [0.25, 0.3) is 0 Å². The van der Waals surface area contributed by atoms with Gasteiger partial charge < -0.3 is 15.2 Å². The highest BCUT2D eigenvalue weighted by Gasteiger charge is 2.14. The minimum atomic E-state index is -0.167. The van der Waals surface area contributed by atoms with Crippen molar-refractivity contribution in [1.29, 1.82) is 0 Å². The average Bonchev–Trinajstić information content (AvgIpc) is 2.26. The minimum absolute atomic E-state index is 0.167. The van der Waals surface area contributed by atoms with Crippen LogP contribution in [0.15, 0.2) is 0 Å². The summed E-state index contributed by atoms with van der Waals surface area (Å²) in [5.74, 6) is 1.13. The molecule has 2 N–H and O–H groups in total. The van der Waals surface area contributed by atoms with E-state index in [1.807, 2.05) is 0 Å². The van der Waals surface area contributed by atoms with E-state index < -0.39 is 0 Å². The minimum Gasteiger partial charge on any atom is -0.463 e. The third-order valence-corrected chi connectivity index (χ3v) is 2.54. The molecule has 0 amide bonds. The standard InChI is InChI=1S/C14H29NO3/c1-11(2)7-13(9-15)8-14(16)18-6-5-17-10-12(3)4/h11-13H,5-10,15H2,1-4H3. The van der Waals surface area contributed by atoms with Crippen LogP contribution < -0.4 is 5.73 Å². The number of rotatable bonds is 10. The van der Waals surface area contributed by atoms with E-state index in [0.29, 0.717) is 44.6 Å². The molecule has 0 aliphatic rings.